The fourth-order valence-corrected chi connectivity index (χ4v) is 3.29. The molecule has 2 aromatic carbocycles. The van der Waals surface area contributed by atoms with Crippen LogP contribution >= 0.6 is 11.6 Å². The quantitative estimate of drug-likeness (QED) is 0.245. The molecule has 0 spiro atoms. The summed E-state index contributed by atoms with van der Waals surface area (Å²) in [5, 5.41) is 17.8. The van der Waals surface area contributed by atoms with E-state index in [-0.39, 0.29) is 55.0 Å². The van der Waals surface area contributed by atoms with Gasteiger partial charge >= 0.3 is 11.9 Å². The highest BCUT2D eigenvalue weighted by Crippen LogP contribution is 2.39. The van der Waals surface area contributed by atoms with Crippen LogP contribution in [0, 0.1) is 10.1 Å². The molecule has 0 aliphatic heterocycles. The SMILES string of the molecule is CCC(=O)Nc1ccccc1Nc1cc(N(CCOC(C)=O)CCOC(C)=O)c([N+](=O)[O-])cc1Cl. The van der Waals surface area contributed by atoms with Crippen LogP contribution in [0.25, 0.3) is 0 Å². The number of amides is 1. The van der Waals surface area contributed by atoms with Crippen molar-refractivity contribution in [1.29, 1.82) is 0 Å². The lowest BCUT2D eigenvalue weighted by Crippen LogP contribution is -2.32. The predicted octanol–water partition coefficient (Wildman–Crippen LogP) is 4.27. The van der Waals surface area contributed by atoms with Crippen LogP contribution in [0.5, 0.6) is 0 Å². The normalized spacial score (nSPS) is 10.3. The molecule has 2 rings (SSSR count). The van der Waals surface area contributed by atoms with Crippen molar-refractivity contribution in [2.45, 2.75) is 27.2 Å². The summed E-state index contributed by atoms with van der Waals surface area (Å²) in [5.41, 5.74) is 1.28. The van der Waals surface area contributed by atoms with Crippen molar-refractivity contribution in [3.8, 4) is 0 Å². The number of carbonyl (C=O) groups is 3. The first-order valence-electron chi connectivity index (χ1n) is 10.8. The number of nitrogens with zero attached hydrogens (tertiary/aromatic N) is 2. The molecule has 0 saturated carbocycles. The third-order valence-corrected chi connectivity index (χ3v) is 5.04. The molecule has 0 aromatic heterocycles. The lowest BCUT2D eigenvalue weighted by molar-refractivity contribution is -0.384. The number of nitrogens with one attached hydrogen (secondary N) is 2. The van der Waals surface area contributed by atoms with Crippen molar-refractivity contribution in [3.05, 3.63) is 51.5 Å². The van der Waals surface area contributed by atoms with E-state index in [1.54, 1.807) is 36.1 Å². The van der Waals surface area contributed by atoms with Crippen molar-refractivity contribution in [2.24, 2.45) is 0 Å². The molecule has 11 nitrogen and oxygen atoms in total. The van der Waals surface area contributed by atoms with Crippen LogP contribution in [0.1, 0.15) is 27.2 Å². The number of hydrogen-bond donors (Lipinski definition) is 2. The van der Waals surface area contributed by atoms with E-state index in [4.69, 9.17) is 21.1 Å². The minimum absolute atomic E-state index is 0.0379. The van der Waals surface area contributed by atoms with Gasteiger partial charge in [0.2, 0.25) is 5.91 Å². The second-order valence-corrected chi connectivity index (χ2v) is 7.72. The van der Waals surface area contributed by atoms with E-state index in [9.17, 15) is 24.5 Å². The molecule has 0 unspecified atom stereocenters. The van der Waals surface area contributed by atoms with Crippen LogP contribution in [0.3, 0.4) is 0 Å². The minimum Gasteiger partial charge on any atom is -0.464 e. The number of anilines is 4. The number of carbonyl (C=O) groups excluding carboxylic acids is 3. The molecule has 0 fully saturated rings. The number of rotatable bonds is 12. The first kappa shape index (κ1) is 27.4. The maximum Gasteiger partial charge on any atom is 0.302 e. The molecule has 1 amide bonds. The van der Waals surface area contributed by atoms with Crippen molar-refractivity contribution < 1.29 is 28.8 Å². The van der Waals surface area contributed by atoms with Gasteiger partial charge in [-0.05, 0) is 18.2 Å². The van der Waals surface area contributed by atoms with Gasteiger partial charge < -0.3 is 25.0 Å². The number of esters is 2. The molecular formula is C23H27ClN4O7. The van der Waals surface area contributed by atoms with Gasteiger partial charge in [0, 0.05) is 26.3 Å². The Morgan fingerprint density at radius 2 is 1.57 bits per heavy atom. The first-order valence-corrected chi connectivity index (χ1v) is 11.2. The van der Waals surface area contributed by atoms with Gasteiger partial charge in [-0.1, -0.05) is 30.7 Å². The molecule has 12 heteroatoms. The summed E-state index contributed by atoms with van der Waals surface area (Å²) in [6.45, 7) is 4.37. The molecule has 0 radical (unpaired) electrons. The van der Waals surface area contributed by atoms with E-state index < -0.39 is 16.9 Å². The average molecular weight is 507 g/mol. The Morgan fingerprint density at radius 3 is 2.09 bits per heavy atom. The summed E-state index contributed by atoms with van der Waals surface area (Å²) >= 11 is 6.37. The van der Waals surface area contributed by atoms with Gasteiger partial charge in [0.15, 0.2) is 0 Å². The fourth-order valence-electron chi connectivity index (χ4n) is 3.08. The number of halogens is 1. The molecule has 0 aliphatic rings. The van der Waals surface area contributed by atoms with Crippen molar-refractivity contribution in [1.82, 2.24) is 0 Å². The van der Waals surface area contributed by atoms with Crippen LogP contribution in [-0.4, -0.2) is 49.1 Å². The van der Waals surface area contributed by atoms with Crippen molar-refractivity contribution in [2.75, 3.05) is 41.8 Å². The smallest absolute Gasteiger partial charge is 0.302 e. The van der Waals surface area contributed by atoms with Crippen LogP contribution in [0.15, 0.2) is 36.4 Å². The van der Waals surface area contributed by atoms with E-state index in [1.165, 1.54) is 26.0 Å². The van der Waals surface area contributed by atoms with Crippen molar-refractivity contribution >= 4 is 57.9 Å². The maximum atomic E-state index is 11.9. The average Bonchev–Trinajstić information content (AvgIpc) is 2.79. The van der Waals surface area contributed by atoms with E-state index in [2.05, 4.69) is 10.6 Å². The monoisotopic (exact) mass is 506 g/mol. The molecule has 2 aromatic rings. The Bertz CT molecular complexity index is 1070. The lowest BCUT2D eigenvalue weighted by Gasteiger charge is -2.25. The summed E-state index contributed by atoms with van der Waals surface area (Å²) in [4.78, 5) is 47.1. The molecule has 35 heavy (non-hydrogen) atoms. The summed E-state index contributed by atoms with van der Waals surface area (Å²) in [6.07, 6.45) is 0.288. The highest BCUT2D eigenvalue weighted by molar-refractivity contribution is 6.33. The van der Waals surface area contributed by atoms with E-state index in [0.717, 1.165) is 0 Å². The molecule has 188 valence electrons. The molecule has 0 bridgehead atoms. The van der Waals surface area contributed by atoms with E-state index in [0.29, 0.717) is 17.1 Å². The number of benzene rings is 2. The van der Waals surface area contributed by atoms with Crippen LogP contribution < -0.4 is 15.5 Å². The Labute approximate surface area is 207 Å². The zero-order valence-electron chi connectivity index (χ0n) is 19.6. The van der Waals surface area contributed by atoms with Gasteiger partial charge in [0.1, 0.15) is 18.9 Å². The Morgan fingerprint density at radius 1 is 1.00 bits per heavy atom. The van der Waals surface area contributed by atoms with Gasteiger partial charge in [0.25, 0.3) is 5.69 Å². The van der Waals surface area contributed by atoms with E-state index >= 15 is 0 Å². The predicted molar refractivity (Wildman–Crippen MR) is 132 cm³/mol. The molecular weight excluding hydrogens is 480 g/mol. The lowest BCUT2D eigenvalue weighted by atomic mass is 10.2. The third-order valence-electron chi connectivity index (χ3n) is 4.73. The zero-order chi connectivity index (χ0) is 26.0. The van der Waals surface area contributed by atoms with E-state index in [1.807, 2.05) is 0 Å². The molecule has 0 saturated heterocycles. The Hall–Kier alpha value is -3.86. The number of para-hydroxylation sites is 2. The molecule has 0 atom stereocenters. The standard InChI is InChI=1S/C23H27ClN4O7/c1-4-23(31)26-19-8-6-5-7-18(19)25-20-14-21(22(28(32)33)13-17(20)24)27(9-11-34-15(2)29)10-12-35-16(3)30/h5-8,13-14,25H,4,9-12H2,1-3H3,(H,26,31). The summed E-state index contributed by atoms with van der Waals surface area (Å²) in [6, 6.07) is 9.64. The Kier molecular flexibility index (Phi) is 10.3. The van der Waals surface area contributed by atoms with Gasteiger partial charge in [-0.25, -0.2) is 0 Å². The fraction of sp³-hybridized carbons (Fsp3) is 0.348. The highest BCUT2D eigenvalue weighted by Gasteiger charge is 2.23. The highest BCUT2D eigenvalue weighted by atomic mass is 35.5. The van der Waals surface area contributed by atoms with Gasteiger partial charge in [-0.3, -0.25) is 24.5 Å². The van der Waals surface area contributed by atoms with Crippen LogP contribution in [0.2, 0.25) is 5.02 Å². The first-order chi connectivity index (χ1) is 16.6. The van der Waals surface area contributed by atoms with Crippen LogP contribution in [-0.2, 0) is 23.9 Å². The second kappa shape index (κ2) is 13.1. The van der Waals surface area contributed by atoms with Gasteiger partial charge in [-0.15, -0.1) is 0 Å². The number of ether oxygens (including phenoxy) is 2. The maximum absolute atomic E-state index is 11.9. The zero-order valence-corrected chi connectivity index (χ0v) is 20.4. The number of nitro benzene ring substituents is 1. The minimum atomic E-state index is -0.578. The summed E-state index contributed by atoms with van der Waals surface area (Å²) in [7, 11) is 0. The third kappa shape index (κ3) is 8.45. The second-order valence-electron chi connectivity index (χ2n) is 7.32. The summed E-state index contributed by atoms with van der Waals surface area (Å²) in [5.74, 6) is -1.18. The molecule has 0 heterocycles. The number of hydrogen-bond acceptors (Lipinski definition) is 9. The van der Waals surface area contributed by atoms with Crippen molar-refractivity contribution in [3.63, 3.8) is 0 Å². The largest absolute Gasteiger partial charge is 0.464 e. The summed E-state index contributed by atoms with van der Waals surface area (Å²) < 4.78 is 9.99. The Balaban J connectivity index is 2.45. The number of nitro groups is 1. The molecule has 0 aliphatic carbocycles. The van der Waals surface area contributed by atoms with Crippen LogP contribution in [0.4, 0.5) is 28.4 Å². The van der Waals surface area contributed by atoms with Gasteiger partial charge in [-0.2, -0.15) is 0 Å². The topological polar surface area (TPSA) is 140 Å². The molecule has 2 N–H and O–H groups in total. The van der Waals surface area contributed by atoms with Gasteiger partial charge in [0.05, 0.1) is 40.1 Å².